The molecular formula is C23H29N3O2. The van der Waals surface area contributed by atoms with Gasteiger partial charge in [-0.2, -0.15) is 0 Å². The molecule has 0 saturated carbocycles. The summed E-state index contributed by atoms with van der Waals surface area (Å²) in [5.41, 5.74) is 0.728. The fourth-order valence-corrected chi connectivity index (χ4v) is 4.54. The van der Waals surface area contributed by atoms with Gasteiger partial charge in [0.05, 0.1) is 6.04 Å². The Morgan fingerprint density at radius 3 is 2.39 bits per heavy atom. The van der Waals surface area contributed by atoms with Crippen molar-refractivity contribution >= 4 is 5.91 Å². The van der Waals surface area contributed by atoms with E-state index in [0.717, 1.165) is 43.8 Å². The first-order chi connectivity index (χ1) is 13.6. The molecule has 3 heterocycles. The van der Waals surface area contributed by atoms with Crippen LogP contribution in [0.5, 0.6) is 5.75 Å². The number of carbonyl (C=O) groups is 1. The molecule has 28 heavy (non-hydrogen) atoms. The van der Waals surface area contributed by atoms with Crippen molar-refractivity contribution in [3.05, 3.63) is 60.4 Å². The maximum absolute atomic E-state index is 12.7. The molecule has 0 aliphatic carbocycles. The second kappa shape index (κ2) is 8.31. The summed E-state index contributed by atoms with van der Waals surface area (Å²) >= 11 is 0. The van der Waals surface area contributed by atoms with Crippen LogP contribution in [0, 0.1) is 5.92 Å². The van der Waals surface area contributed by atoms with Crippen molar-refractivity contribution in [1.29, 1.82) is 0 Å². The van der Waals surface area contributed by atoms with E-state index >= 15 is 0 Å². The summed E-state index contributed by atoms with van der Waals surface area (Å²) in [4.78, 5) is 21.2. The van der Waals surface area contributed by atoms with E-state index in [0.29, 0.717) is 18.0 Å². The van der Waals surface area contributed by atoms with Crippen LogP contribution in [0.2, 0.25) is 0 Å². The number of likely N-dealkylation sites (tertiary alicyclic amines) is 2. The van der Waals surface area contributed by atoms with Gasteiger partial charge in [-0.1, -0.05) is 18.2 Å². The Morgan fingerprint density at radius 2 is 1.75 bits per heavy atom. The zero-order valence-electron chi connectivity index (χ0n) is 16.7. The predicted octanol–water partition coefficient (Wildman–Crippen LogP) is 3.47. The third-order valence-corrected chi connectivity index (χ3v) is 6.09. The van der Waals surface area contributed by atoms with E-state index in [-0.39, 0.29) is 12.0 Å². The van der Waals surface area contributed by atoms with Gasteiger partial charge >= 0.3 is 0 Å². The summed E-state index contributed by atoms with van der Waals surface area (Å²) in [6.07, 6.45) is 5.65. The molecule has 1 aromatic carbocycles. The largest absolute Gasteiger partial charge is 0.487 e. The molecule has 0 radical (unpaired) electrons. The Hall–Kier alpha value is -2.40. The molecule has 2 saturated heterocycles. The standard InChI is InChI=1S/C23H29N3O2/c1-17(2)26-16-21(28-20-6-4-3-5-7-20)22(26)18-10-14-25(15-11-18)23(27)19-8-12-24-13-9-19/h3-9,12-13,17-18,21-22H,10-11,14-16H2,1-2H3/t21-,22-/m0/s1. The summed E-state index contributed by atoms with van der Waals surface area (Å²) in [5, 5.41) is 0. The molecule has 2 aliphatic heterocycles. The monoisotopic (exact) mass is 379 g/mol. The van der Waals surface area contributed by atoms with E-state index in [9.17, 15) is 4.79 Å². The van der Waals surface area contributed by atoms with Crippen molar-refractivity contribution in [2.75, 3.05) is 19.6 Å². The van der Waals surface area contributed by atoms with Gasteiger partial charge in [-0.05, 0) is 56.9 Å². The quantitative estimate of drug-likeness (QED) is 0.798. The van der Waals surface area contributed by atoms with Gasteiger partial charge in [0.15, 0.2) is 0 Å². The van der Waals surface area contributed by atoms with Crippen molar-refractivity contribution in [2.45, 2.75) is 44.9 Å². The first kappa shape index (κ1) is 18.9. The first-order valence-electron chi connectivity index (χ1n) is 10.3. The highest BCUT2D eigenvalue weighted by Gasteiger charge is 2.47. The number of aromatic nitrogens is 1. The Kier molecular flexibility index (Phi) is 5.62. The minimum absolute atomic E-state index is 0.118. The number of para-hydroxylation sites is 1. The molecule has 1 aromatic heterocycles. The highest BCUT2D eigenvalue weighted by Crippen LogP contribution is 2.36. The van der Waals surface area contributed by atoms with Crippen LogP contribution in [0.25, 0.3) is 0 Å². The Morgan fingerprint density at radius 1 is 1.07 bits per heavy atom. The lowest BCUT2D eigenvalue weighted by atomic mass is 9.79. The van der Waals surface area contributed by atoms with Crippen LogP contribution in [0.4, 0.5) is 0 Å². The smallest absolute Gasteiger partial charge is 0.253 e. The highest BCUT2D eigenvalue weighted by atomic mass is 16.5. The van der Waals surface area contributed by atoms with Crippen LogP contribution in [0.3, 0.4) is 0 Å². The minimum Gasteiger partial charge on any atom is -0.487 e. The van der Waals surface area contributed by atoms with Crippen LogP contribution in [0.1, 0.15) is 37.0 Å². The van der Waals surface area contributed by atoms with Crippen molar-refractivity contribution in [2.24, 2.45) is 5.92 Å². The SMILES string of the molecule is CC(C)N1C[C@H](Oc2ccccc2)[C@@H]1C1CCN(C(=O)c2ccncc2)CC1. The fraction of sp³-hybridized carbons (Fsp3) is 0.478. The summed E-state index contributed by atoms with van der Waals surface area (Å²) in [6, 6.07) is 14.7. The van der Waals surface area contributed by atoms with Gasteiger partial charge in [0.1, 0.15) is 11.9 Å². The van der Waals surface area contributed by atoms with Crippen molar-refractivity contribution in [3.8, 4) is 5.75 Å². The number of carbonyl (C=O) groups excluding carboxylic acids is 1. The maximum atomic E-state index is 12.7. The Bertz CT molecular complexity index is 773. The summed E-state index contributed by atoms with van der Waals surface area (Å²) < 4.78 is 6.31. The van der Waals surface area contributed by atoms with Gasteiger partial charge in [0, 0.05) is 43.6 Å². The molecule has 0 spiro atoms. The number of amides is 1. The van der Waals surface area contributed by atoms with Crippen LogP contribution < -0.4 is 4.74 Å². The number of ether oxygens (including phenoxy) is 1. The third kappa shape index (κ3) is 3.90. The van der Waals surface area contributed by atoms with Crippen LogP contribution in [-0.2, 0) is 0 Å². The van der Waals surface area contributed by atoms with Gasteiger partial charge in [-0.25, -0.2) is 0 Å². The average Bonchev–Trinajstić information content (AvgIpc) is 2.72. The number of nitrogens with zero attached hydrogens (tertiary/aromatic N) is 3. The van der Waals surface area contributed by atoms with Gasteiger partial charge in [0.2, 0.25) is 0 Å². The van der Waals surface area contributed by atoms with E-state index in [1.54, 1.807) is 24.5 Å². The van der Waals surface area contributed by atoms with Crippen molar-refractivity contribution < 1.29 is 9.53 Å². The highest BCUT2D eigenvalue weighted by molar-refractivity contribution is 5.94. The molecule has 2 fully saturated rings. The van der Waals surface area contributed by atoms with E-state index in [1.165, 1.54) is 0 Å². The summed E-state index contributed by atoms with van der Waals surface area (Å²) in [5.74, 6) is 1.63. The molecule has 2 aromatic rings. The lowest BCUT2D eigenvalue weighted by Crippen LogP contribution is -2.68. The molecule has 5 nitrogen and oxygen atoms in total. The van der Waals surface area contributed by atoms with E-state index < -0.39 is 0 Å². The normalized spacial score (nSPS) is 23.5. The lowest BCUT2D eigenvalue weighted by molar-refractivity contribution is -0.0983. The number of hydrogen-bond acceptors (Lipinski definition) is 4. The summed E-state index contributed by atoms with van der Waals surface area (Å²) in [7, 11) is 0. The zero-order valence-corrected chi connectivity index (χ0v) is 16.7. The Balaban J connectivity index is 1.39. The van der Waals surface area contributed by atoms with Gasteiger partial charge in [-0.15, -0.1) is 0 Å². The van der Waals surface area contributed by atoms with Gasteiger partial charge in [-0.3, -0.25) is 14.7 Å². The summed E-state index contributed by atoms with van der Waals surface area (Å²) in [6.45, 7) is 7.12. The second-order valence-electron chi connectivity index (χ2n) is 8.12. The number of rotatable bonds is 5. The van der Waals surface area contributed by atoms with E-state index in [2.05, 4.69) is 23.7 Å². The third-order valence-electron chi connectivity index (χ3n) is 6.09. The molecular weight excluding hydrogens is 350 g/mol. The molecule has 0 N–H and O–H groups in total. The number of benzene rings is 1. The molecule has 0 bridgehead atoms. The van der Waals surface area contributed by atoms with E-state index in [1.807, 2.05) is 35.2 Å². The van der Waals surface area contributed by atoms with Gasteiger partial charge in [0.25, 0.3) is 5.91 Å². The number of hydrogen-bond donors (Lipinski definition) is 0. The topological polar surface area (TPSA) is 45.7 Å². The van der Waals surface area contributed by atoms with Crippen molar-refractivity contribution in [1.82, 2.24) is 14.8 Å². The average molecular weight is 380 g/mol. The van der Waals surface area contributed by atoms with E-state index in [4.69, 9.17) is 4.74 Å². The predicted molar refractivity (Wildman–Crippen MR) is 109 cm³/mol. The molecule has 1 amide bonds. The van der Waals surface area contributed by atoms with Gasteiger partial charge < -0.3 is 9.64 Å². The molecule has 0 unspecified atom stereocenters. The first-order valence-corrected chi connectivity index (χ1v) is 10.3. The molecule has 4 rings (SSSR count). The second-order valence-corrected chi connectivity index (χ2v) is 8.12. The molecule has 148 valence electrons. The number of pyridine rings is 1. The minimum atomic E-state index is 0.118. The zero-order chi connectivity index (χ0) is 19.5. The lowest BCUT2D eigenvalue weighted by Gasteiger charge is -2.54. The van der Waals surface area contributed by atoms with Crippen LogP contribution in [0.15, 0.2) is 54.9 Å². The maximum Gasteiger partial charge on any atom is 0.253 e. The van der Waals surface area contributed by atoms with Crippen LogP contribution in [-0.4, -0.2) is 58.5 Å². The number of piperidine rings is 1. The molecule has 2 aliphatic rings. The van der Waals surface area contributed by atoms with Crippen molar-refractivity contribution in [3.63, 3.8) is 0 Å². The molecule has 2 atom stereocenters. The molecule has 5 heteroatoms. The Labute approximate surface area is 167 Å². The fourth-order valence-electron chi connectivity index (χ4n) is 4.54. The van der Waals surface area contributed by atoms with Crippen LogP contribution >= 0.6 is 0 Å².